The van der Waals surface area contributed by atoms with Crippen LogP contribution >= 0.6 is 0 Å². The van der Waals surface area contributed by atoms with Crippen LogP contribution in [0.2, 0.25) is 0 Å². The maximum absolute atomic E-state index is 11.8. The minimum atomic E-state index is -1.16. The number of carboxylic acid groups (broad SMARTS) is 1. The van der Waals surface area contributed by atoms with Gasteiger partial charge in [0, 0.05) is 5.39 Å². The topological polar surface area (TPSA) is 99.5 Å². The van der Waals surface area contributed by atoms with Crippen molar-refractivity contribution in [2.45, 2.75) is 19.8 Å². The molecule has 1 aromatic carbocycles. The second-order valence-corrected chi connectivity index (χ2v) is 4.71. The van der Waals surface area contributed by atoms with Gasteiger partial charge in [0.2, 0.25) is 0 Å². The summed E-state index contributed by atoms with van der Waals surface area (Å²) in [5, 5.41) is 21.3. The molecule has 6 heteroatoms. The van der Waals surface area contributed by atoms with E-state index in [9.17, 15) is 14.7 Å². The minimum absolute atomic E-state index is 0.174. The van der Waals surface area contributed by atoms with Crippen LogP contribution in [0.15, 0.2) is 24.3 Å². The number of fused-ring (bicyclic) bond motifs is 1. The van der Waals surface area contributed by atoms with Crippen LogP contribution in [-0.2, 0) is 11.2 Å². The zero-order valence-corrected chi connectivity index (χ0v) is 11.6. The van der Waals surface area contributed by atoms with Crippen LogP contribution in [0.4, 0.5) is 0 Å². The Morgan fingerprint density at radius 2 is 2.05 bits per heavy atom. The highest BCUT2D eigenvalue weighted by Gasteiger charge is 2.15. The van der Waals surface area contributed by atoms with Gasteiger partial charge in [0.25, 0.3) is 5.91 Å². The molecule has 0 fully saturated rings. The summed E-state index contributed by atoms with van der Waals surface area (Å²) in [6, 6.07) is 7.10. The zero-order valence-electron chi connectivity index (χ0n) is 11.6. The molecule has 110 valence electrons. The predicted octanol–water partition coefficient (Wildman–Crippen LogP) is 1.71. The van der Waals surface area contributed by atoms with Gasteiger partial charge in [-0.2, -0.15) is 0 Å². The summed E-state index contributed by atoms with van der Waals surface area (Å²) in [6.07, 6.45) is 1.94. The Balaban J connectivity index is 2.34. The van der Waals surface area contributed by atoms with Crippen LogP contribution < -0.4 is 5.32 Å². The molecule has 3 N–H and O–H groups in total. The van der Waals surface area contributed by atoms with E-state index < -0.39 is 18.4 Å². The number of rotatable bonds is 5. The lowest BCUT2D eigenvalue weighted by Gasteiger charge is -2.07. The average Bonchev–Trinajstić information content (AvgIpc) is 2.44. The number of carbonyl (C=O) groups excluding carboxylic acids is 1. The molecule has 2 aromatic rings. The number of hydrogen-bond acceptors (Lipinski definition) is 4. The maximum Gasteiger partial charge on any atom is 0.322 e. The smallest absolute Gasteiger partial charge is 0.322 e. The number of amides is 1. The molecule has 0 aliphatic carbocycles. The number of aliphatic carboxylic acids is 1. The molecule has 1 heterocycles. The predicted molar refractivity (Wildman–Crippen MR) is 77.4 cm³/mol. The normalized spacial score (nSPS) is 10.5. The molecule has 0 saturated carbocycles. The summed E-state index contributed by atoms with van der Waals surface area (Å²) >= 11 is 0. The Hall–Kier alpha value is -2.63. The molecule has 0 radical (unpaired) electrons. The fourth-order valence-corrected chi connectivity index (χ4v) is 2.07. The SMILES string of the molecule is CCCc1ccc2nc(C(=O)NCC(=O)O)c(O)cc2c1. The first kappa shape index (κ1) is 14.8. The van der Waals surface area contributed by atoms with E-state index in [1.165, 1.54) is 6.07 Å². The summed E-state index contributed by atoms with van der Waals surface area (Å²) in [6.45, 7) is 1.56. The highest BCUT2D eigenvalue weighted by atomic mass is 16.4. The van der Waals surface area contributed by atoms with Crippen LogP contribution in [0.25, 0.3) is 10.9 Å². The fraction of sp³-hybridized carbons (Fsp3) is 0.267. The van der Waals surface area contributed by atoms with Gasteiger partial charge in [-0.25, -0.2) is 4.98 Å². The van der Waals surface area contributed by atoms with Crippen molar-refractivity contribution in [3.8, 4) is 5.75 Å². The molecule has 1 aromatic heterocycles. The van der Waals surface area contributed by atoms with E-state index in [0.717, 1.165) is 23.8 Å². The third kappa shape index (κ3) is 3.47. The van der Waals surface area contributed by atoms with Gasteiger partial charge in [0.05, 0.1) is 5.52 Å². The van der Waals surface area contributed by atoms with Gasteiger partial charge >= 0.3 is 5.97 Å². The Morgan fingerprint density at radius 1 is 1.29 bits per heavy atom. The zero-order chi connectivity index (χ0) is 15.4. The van der Waals surface area contributed by atoms with Crippen LogP contribution in [0.1, 0.15) is 29.4 Å². The van der Waals surface area contributed by atoms with E-state index in [1.54, 1.807) is 6.07 Å². The lowest BCUT2D eigenvalue weighted by atomic mass is 10.1. The number of benzene rings is 1. The first-order valence-corrected chi connectivity index (χ1v) is 6.64. The van der Waals surface area contributed by atoms with Crippen molar-refractivity contribution in [3.05, 3.63) is 35.5 Å². The van der Waals surface area contributed by atoms with E-state index in [4.69, 9.17) is 5.11 Å². The van der Waals surface area contributed by atoms with E-state index in [-0.39, 0.29) is 11.4 Å². The van der Waals surface area contributed by atoms with Gasteiger partial charge in [-0.1, -0.05) is 19.4 Å². The summed E-state index contributed by atoms with van der Waals surface area (Å²) in [5.74, 6) is -2.14. The molecule has 21 heavy (non-hydrogen) atoms. The number of nitrogens with one attached hydrogen (secondary N) is 1. The van der Waals surface area contributed by atoms with Crippen molar-refractivity contribution >= 4 is 22.8 Å². The number of carbonyl (C=O) groups is 2. The van der Waals surface area contributed by atoms with Gasteiger partial charge in [0.15, 0.2) is 5.69 Å². The maximum atomic E-state index is 11.8. The largest absolute Gasteiger partial charge is 0.505 e. The lowest BCUT2D eigenvalue weighted by Crippen LogP contribution is -2.29. The molecule has 0 spiro atoms. The van der Waals surface area contributed by atoms with Crippen molar-refractivity contribution in [1.82, 2.24) is 10.3 Å². The molecule has 2 rings (SSSR count). The van der Waals surface area contributed by atoms with Crippen molar-refractivity contribution in [2.75, 3.05) is 6.54 Å². The van der Waals surface area contributed by atoms with Gasteiger partial charge in [0.1, 0.15) is 12.3 Å². The second kappa shape index (κ2) is 6.21. The molecule has 0 saturated heterocycles. The molecule has 1 amide bonds. The molecule has 0 bridgehead atoms. The van der Waals surface area contributed by atoms with Crippen molar-refractivity contribution < 1.29 is 19.8 Å². The number of aromatic nitrogens is 1. The van der Waals surface area contributed by atoms with Gasteiger partial charge < -0.3 is 15.5 Å². The number of pyridine rings is 1. The summed E-state index contributed by atoms with van der Waals surface area (Å²) in [5.41, 5.74) is 1.54. The van der Waals surface area contributed by atoms with Gasteiger partial charge in [-0.3, -0.25) is 9.59 Å². The summed E-state index contributed by atoms with van der Waals surface area (Å²) < 4.78 is 0. The standard InChI is InChI=1S/C15H16N2O4/c1-2-3-9-4-5-11-10(6-9)7-12(18)14(17-11)15(21)16-8-13(19)20/h4-7,18H,2-3,8H2,1H3,(H,16,21)(H,19,20). The number of carboxylic acids is 1. The molecular weight excluding hydrogens is 272 g/mol. The highest BCUT2D eigenvalue weighted by Crippen LogP contribution is 2.23. The Labute approximate surface area is 121 Å². The molecule has 6 nitrogen and oxygen atoms in total. The highest BCUT2D eigenvalue weighted by molar-refractivity contribution is 5.99. The number of nitrogens with zero attached hydrogens (tertiary/aromatic N) is 1. The van der Waals surface area contributed by atoms with E-state index in [1.807, 2.05) is 12.1 Å². The first-order chi connectivity index (χ1) is 10.0. The molecule has 0 unspecified atom stereocenters. The van der Waals surface area contributed by atoms with Gasteiger partial charge in [-0.15, -0.1) is 0 Å². The van der Waals surface area contributed by atoms with Crippen LogP contribution in [-0.4, -0.2) is 33.6 Å². The van der Waals surface area contributed by atoms with Crippen LogP contribution in [0, 0.1) is 0 Å². The van der Waals surface area contributed by atoms with E-state index in [2.05, 4.69) is 17.2 Å². The van der Waals surface area contributed by atoms with Crippen LogP contribution in [0.3, 0.4) is 0 Å². The lowest BCUT2D eigenvalue weighted by molar-refractivity contribution is -0.135. The van der Waals surface area contributed by atoms with Crippen molar-refractivity contribution in [3.63, 3.8) is 0 Å². The molecule has 0 aliphatic rings. The quantitative estimate of drug-likeness (QED) is 0.777. The summed E-state index contributed by atoms with van der Waals surface area (Å²) in [4.78, 5) is 26.3. The van der Waals surface area contributed by atoms with Gasteiger partial charge in [-0.05, 0) is 30.2 Å². The van der Waals surface area contributed by atoms with E-state index >= 15 is 0 Å². The second-order valence-electron chi connectivity index (χ2n) is 4.71. The average molecular weight is 288 g/mol. The number of aromatic hydroxyl groups is 1. The third-order valence-corrected chi connectivity index (χ3v) is 3.01. The minimum Gasteiger partial charge on any atom is -0.505 e. The molecule has 0 aliphatic heterocycles. The Morgan fingerprint density at radius 3 is 2.71 bits per heavy atom. The van der Waals surface area contributed by atoms with E-state index in [0.29, 0.717) is 5.52 Å². The number of aryl methyl sites for hydroxylation is 1. The van der Waals surface area contributed by atoms with Crippen molar-refractivity contribution in [1.29, 1.82) is 0 Å². The Bertz CT molecular complexity index is 697. The third-order valence-electron chi connectivity index (χ3n) is 3.01. The van der Waals surface area contributed by atoms with Crippen molar-refractivity contribution in [2.24, 2.45) is 0 Å². The molecule has 0 atom stereocenters. The summed E-state index contributed by atoms with van der Waals surface area (Å²) in [7, 11) is 0. The van der Waals surface area contributed by atoms with Crippen LogP contribution in [0.5, 0.6) is 5.75 Å². The Kier molecular flexibility index (Phi) is 4.37. The fourth-order valence-electron chi connectivity index (χ4n) is 2.07. The number of hydrogen-bond donors (Lipinski definition) is 3. The monoisotopic (exact) mass is 288 g/mol. The molecular formula is C15H16N2O4. The first-order valence-electron chi connectivity index (χ1n) is 6.64.